The summed E-state index contributed by atoms with van der Waals surface area (Å²) in [4.78, 5) is 24.5. The van der Waals surface area contributed by atoms with Crippen LogP contribution in [0.25, 0.3) is 5.52 Å². The Balaban J connectivity index is 1.37. The molecule has 1 aliphatic carbocycles. The number of hydrogen-bond acceptors (Lipinski definition) is 4. The molecule has 1 N–H and O–H groups in total. The van der Waals surface area contributed by atoms with Crippen molar-refractivity contribution >= 4 is 11.4 Å². The minimum absolute atomic E-state index is 0.131. The molecule has 0 aliphatic heterocycles. The molecular weight excluding hydrogens is 356 g/mol. The van der Waals surface area contributed by atoms with Gasteiger partial charge in [0, 0.05) is 43.9 Å². The van der Waals surface area contributed by atoms with Gasteiger partial charge in [0.05, 0.1) is 17.7 Å². The summed E-state index contributed by atoms with van der Waals surface area (Å²) in [6, 6.07) is 9.32. The zero-order valence-corrected chi connectivity index (χ0v) is 15.9. The highest BCUT2D eigenvalue weighted by Gasteiger charge is 2.32. The Bertz CT molecular complexity index is 1030. The second kappa shape index (κ2) is 7.98. The van der Waals surface area contributed by atoms with Crippen LogP contribution in [0.2, 0.25) is 0 Å². The molecule has 0 bridgehead atoms. The standard InChI is InChI=1S/C21H24N4O3/c1-2-28-11-10-24-14-15(5-6-20(24)26)21(27)23-17-12-16(13-17)18-4-3-9-25-19(18)7-8-22-25/h3-9,14,16-17H,2,10-13H2,1H3,(H,23,27). The summed E-state index contributed by atoms with van der Waals surface area (Å²) < 4.78 is 8.70. The Morgan fingerprint density at radius 3 is 2.96 bits per heavy atom. The highest BCUT2D eigenvalue weighted by atomic mass is 16.5. The number of pyridine rings is 2. The number of carbonyl (C=O) groups is 1. The molecule has 7 heteroatoms. The first kappa shape index (κ1) is 18.4. The summed E-state index contributed by atoms with van der Waals surface area (Å²) in [6.45, 7) is 3.40. The molecule has 1 fully saturated rings. The number of hydrogen-bond donors (Lipinski definition) is 1. The largest absolute Gasteiger partial charge is 0.380 e. The van der Waals surface area contributed by atoms with Crippen LogP contribution in [0.15, 0.2) is 53.7 Å². The van der Waals surface area contributed by atoms with Crippen molar-refractivity contribution in [1.82, 2.24) is 19.5 Å². The van der Waals surface area contributed by atoms with E-state index in [1.165, 1.54) is 16.2 Å². The summed E-state index contributed by atoms with van der Waals surface area (Å²) in [5.41, 5.74) is 2.76. The fourth-order valence-electron chi connectivity index (χ4n) is 3.73. The van der Waals surface area contributed by atoms with Gasteiger partial charge < -0.3 is 14.6 Å². The fraction of sp³-hybridized carbons (Fsp3) is 0.381. The van der Waals surface area contributed by atoms with Gasteiger partial charge in [-0.05, 0) is 49.4 Å². The number of carbonyl (C=O) groups excluding carboxylic acids is 1. The lowest BCUT2D eigenvalue weighted by Gasteiger charge is -2.36. The molecule has 0 aromatic carbocycles. The maximum atomic E-state index is 12.6. The number of fused-ring (bicyclic) bond motifs is 1. The lowest BCUT2D eigenvalue weighted by molar-refractivity contribution is 0.0907. The van der Waals surface area contributed by atoms with Crippen LogP contribution in [0.5, 0.6) is 0 Å². The van der Waals surface area contributed by atoms with Crippen LogP contribution >= 0.6 is 0 Å². The molecule has 3 heterocycles. The third-order valence-electron chi connectivity index (χ3n) is 5.31. The third-order valence-corrected chi connectivity index (χ3v) is 5.31. The van der Waals surface area contributed by atoms with E-state index < -0.39 is 0 Å². The van der Waals surface area contributed by atoms with Crippen LogP contribution in [0.1, 0.15) is 41.6 Å². The summed E-state index contributed by atoms with van der Waals surface area (Å²) in [7, 11) is 0. The normalized spacial score (nSPS) is 18.8. The molecule has 0 radical (unpaired) electrons. The topological polar surface area (TPSA) is 77.6 Å². The van der Waals surface area contributed by atoms with Crippen molar-refractivity contribution in [3.8, 4) is 0 Å². The molecule has 0 unspecified atom stereocenters. The zero-order valence-electron chi connectivity index (χ0n) is 15.9. The monoisotopic (exact) mass is 380 g/mol. The van der Waals surface area contributed by atoms with Crippen LogP contribution in [-0.4, -0.2) is 39.3 Å². The summed E-state index contributed by atoms with van der Waals surface area (Å²) >= 11 is 0. The first-order chi connectivity index (χ1) is 13.7. The van der Waals surface area contributed by atoms with E-state index >= 15 is 0 Å². The average molecular weight is 380 g/mol. The van der Waals surface area contributed by atoms with Crippen molar-refractivity contribution in [3.05, 3.63) is 70.4 Å². The molecule has 1 saturated carbocycles. The molecule has 1 amide bonds. The van der Waals surface area contributed by atoms with Crippen LogP contribution in [0, 0.1) is 0 Å². The van der Waals surface area contributed by atoms with Crippen LogP contribution in [-0.2, 0) is 11.3 Å². The van der Waals surface area contributed by atoms with E-state index in [1.54, 1.807) is 18.5 Å². The van der Waals surface area contributed by atoms with Crippen molar-refractivity contribution in [2.24, 2.45) is 0 Å². The number of rotatable bonds is 7. The van der Waals surface area contributed by atoms with Crippen molar-refractivity contribution in [1.29, 1.82) is 0 Å². The summed E-state index contributed by atoms with van der Waals surface area (Å²) in [5.74, 6) is 0.280. The Labute approximate surface area is 162 Å². The van der Waals surface area contributed by atoms with Crippen molar-refractivity contribution in [2.75, 3.05) is 13.2 Å². The first-order valence-corrected chi connectivity index (χ1v) is 9.67. The maximum Gasteiger partial charge on any atom is 0.252 e. The zero-order chi connectivity index (χ0) is 19.5. The van der Waals surface area contributed by atoms with E-state index in [0.29, 0.717) is 31.2 Å². The lowest BCUT2D eigenvalue weighted by Crippen LogP contribution is -2.43. The van der Waals surface area contributed by atoms with Gasteiger partial charge in [-0.2, -0.15) is 5.10 Å². The molecule has 4 rings (SSSR count). The number of nitrogens with zero attached hydrogens (tertiary/aromatic N) is 3. The van der Waals surface area contributed by atoms with E-state index in [0.717, 1.165) is 18.4 Å². The van der Waals surface area contributed by atoms with Crippen molar-refractivity contribution in [3.63, 3.8) is 0 Å². The smallest absolute Gasteiger partial charge is 0.252 e. The molecule has 28 heavy (non-hydrogen) atoms. The van der Waals surface area contributed by atoms with Crippen LogP contribution in [0.4, 0.5) is 0 Å². The highest BCUT2D eigenvalue weighted by molar-refractivity contribution is 5.94. The first-order valence-electron chi connectivity index (χ1n) is 9.67. The Morgan fingerprint density at radius 2 is 2.14 bits per heavy atom. The maximum absolute atomic E-state index is 12.6. The number of amides is 1. The molecular formula is C21H24N4O3. The Morgan fingerprint density at radius 1 is 1.29 bits per heavy atom. The van der Waals surface area contributed by atoms with Crippen LogP contribution < -0.4 is 10.9 Å². The van der Waals surface area contributed by atoms with Gasteiger partial charge in [-0.3, -0.25) is 9.59 Å². The van der Waals surface area contributed by atoms with Gasteiger partial charge in [-0.15, -0.1) is 0 Å². The predicted molar refractivity (Wildman–Crippen MR) is 106 cm³/mol. The second-order valence-electron chi connectivity index (χ2n) is 7.11. The molecule has 3 aromatic rings. The van der Waals surface area contributed by atoms with Gasteiger partial charge in [0.2, 0.25) is 0 Å². The number of aromatic nitrogens is 3. The quantitative estimate of drug-likeness (QED) is 0.638. The second-order valence-corrected chi connectivity index (χ2v) is 7.11. The van der Waals surface area contributed by atoms with E-state index in [-0.39, 0.29) is 17.5 Å². The molecule has 7 nitrogen and oxygen atoms in total. The summed E-state index contributed by atoms with van der Waals surface area (Å²) in [6.07, 6.45) is 7.16. The molecule has 0 spiro atoms. The van der Waals surface area contributed by atoms with Gasteiger partial charge in [-0.1, -0.05) is 6.07 Å². The third kappa shape index (κ3) is 3.71. The molecule has 3 aromatic heterocycles. The average Bonchev–Trinajstić information content (AvgIpc) is 3.15. The van der Waals surface area contributed by atoms with Gasteiger partial charge in [0.25, 0.3) is 11.5 Å². The number of nitrogens with one attached hydrogen (secondary N) is 1. The Hall–Kier alpha value is -2.93. The van der Waals surface area contributed by atoms with E-state index in [9.17, 15) is 9.59 Å². The highest BCUT2D eigenvalue weighted by Crippen LogP contribution is 2.38. The fourth-order valence-corrected chi connectivity index (χ4v) is 3.73. The molecule has 1 aliphatic rings. The van der Waals surface area contributed by atoms with Gasteiger partial charge in [-0.25, -0.2) is 4.52 Å². The van der Waals surface area contributed by atoms with Gasteiger partial charge in [0.1, 0.15) is 0 Å². The van der Waals surface area contributed by atoms with E-state index in [4.69, 9.17) is 4.74 Å². The predicted octanol–water partition coefficient (Wildman–Crippen LogP) is 2.21. The van der Waals surface area contributed by atoms with E-state index in [1.807, 2.05) is 29.8 Å². The van der Waals surface area contributed by atoms with E-state index in [2.05, 4.69) is 16.5 Å². The van der Waals surface area contributed by atoms with Crippen molar-refractivity contribution in [2.45, 2.75) is 38.3 Å². The SMILES string of the molecule is CCOCCn1cc(C(=O)NC2CC(c3cccn4nccc34)C2)ccc1=O. The van der Waals surface area contributed by atoms with Gasteiger partial charge in [0.15, 0.2) is 0 Å². The lowest BCUT2D eigenvalue weighted by atomic mass is 9.75. The number of ether oxygens (including phenoxy) is 1. The summed E-state index contributed by atoms with van der Waals surface area (Å²) in [5, 5.41) is 7.36. The Kier molecular flexibility index (Phi) is 5.25. The molecule has 0 saturated heterocycles. The van der Waals surface area contributed by atoms with Crippen LogP contribution in [0.3, 0.4) is 0 Å². The minimum atomic E-state index is -0.142. The van der Waals surface area contributed by atoms with Crippen molar-refractivity contribution < 1.29 is 9.53 Å². The molecule has 146 valence electrons. The molecule has 0 atom stereocenters. The minimum Gasteiger partial charge on any atom is -0.380 e. The van der Waals surface area contributed by atoms with Gasteiger partial charge >= 0.3 is 0 Å².